The van der Waals surface area contributed by atoms with Crippen LogP contribution >= 0.6 is 0 Å². The lowest BCUT2D eigenvalue weighted by Gasteiger charge is -2.30. The number of hydrogen-bond acceptors (Lipinski definition) is 3. The second kappa shape index (κ2) is 4.88. The van der Waals surface area contributed by atoms with Crippen LogP contribution in [-0.2, 0) is 9.53 Å². The maximum atomic E-state index is 13.2. The molecular formula is C10H17F2NO2. The summed E-state index contributed by atoms with van der Waals surface area (Å²) in [6.07, 6.45) is 1.07. The van der Waals surface area contributed by atoms with Crippen LogP contribution in [0.5, 0.6) is 0 Å². The van der Waals surface area contributed by atoms with Gasteiger partial charge in [0.25, 0.3) is 0 Å². The summed E-state index contributed by atoms with van der Waals surface area (Å²) >= 11 is 0. The van der Waals surface area contributed by atoms with Gasteiger partial charge in [0, 0.05) is 6.42 Å². The van der Waals surface area contributed by atoms with Gasteiger partial charge < -0.3 is 9.64 Å². The van der Waals surface area contributed by atoms with Crippen LogP contribution in [0.25, 0.3) is 0 Å². The van der Waals surface area contributed by atoms with Crippen molar-refractivity contribution in [2.24, 2.45) is 5.92 Å². The van der Waals surface area contributed by atoms with E-state index in [1.54, 1.807) is 0 Å². The molecule has 5 heteroatoms. The van der Waals surface area contributed by atoms with E-state index >= 15 is 0 Å². The average Bonchev–Trinajstić information content (AvgIpc) is 2.20. The summed E-state index contributed by atoms with van der Waals surface area (Å²) in [4.78, 5) is 12.9. The summed E-state index contributed by atoms with van der Waals surface area (Å²) in [5.74, 6) is -4.81. The first-order chi connectivity index (χ1) is 6.95. The standard InChI is InChI=1S/C10H17F2NO2/c1-13-5-3-8(4-6-13)7-10(11,12)9(14)15-2/h8H,3-7H2,1-2H3. The Bertz CT molecular complexity index is 225. The van der Waals surface area contributed by atoms with E-state index in [4.69, 9.17) is 0 Å². The van der Waals surface area contributed by atoms with Gasteiger partial charge in [-0.25, -0.2) is 4.79 Å². The quantitative estimate of drug-likeness (QED) is 0.677. The van der Waals surface area contributed by atoms with Gasteiger partial charge in [-0.1, -0.05) is 0 Å². The lowest BCUT2D eigenvalue weighted by molar-refractivity contribution is -0.171. The zero-order valence-electron chi connectivity index (χ0n) is 9.13. The van der Waals surface area contributed by atoms with Crippen molar-refractivity contribution in [2.45, 2.75) is 25.2 Å². The van der Waals surface area contributed by atoms with Gasteiger partial charge in [-0.15, -0.1) is 0 Å². The number of alkyl halides is 2. The zero-order valence-corrected chi connectivity index (χ0v) is 9.13. The molecule has 1 aliphatic rings. The second-order valence-corrected chi connectivity index (χ2v) is 4.15. The van der Waals surface area contributed by atoms with Crippen LogP contribution in [0.2, 0.25) is 0 Å². The first-order valence-electron chi connectivity index (χ1n) is 5.10. The minimum absolute atomic E-state index is 0.0738. The van der Waals surface area contributed by atoms with E-state index in [0.717, 1.165) is 33.0 Å². The van der Waals surface area contributed by atoms with E-state index in [9.17, 15) is 13.6 Å². The molecule has 0 aromatic heterocycles. The Morgan fingerprint density at radius 3 is 2.47 bits per heavy atom. The molecule has 88 valence electrons. The Hall–Kier alpha value is -0.710. The minimum atomic E-state index is -3.32. The zero-order chi connectivity index (χ0) is 11.5. The number of carbonyl (C=O) groups is 1. The molecule has 0 bridgehead atoms. The topological polar surface area (TPSA) is 29.5 Å². The highest BCUT2D eigenvalue weighted by atomic mass is 19.3. The fourth-order valence-corrected chi connectivity index (χ4v) is 1.86. The number of likely N-dealkylation sites (tertiary alicyclic amines) is 1. The van der Waals surface area contributed by atoms with Crippen molar-refractivity contribution in [1.29, 1.82) is 0 Å². The number of ether oxygens (including phenoxy) is 1. The Morgan fingerprint density at radius 1 is 1.47 bits per heavy atom. The molecule has 0 unspecified atom stereocenters. The number of methoxy groups -OCH3 is 1. The molecule has 3 nitrogen and oxygen atoms in total. The Kier molecular flexibility index (Phi) is 4.02. The number of rotatable bonds is 3. The van der Waals surface area contributed by atoms with Gasteiger partial charge in [-0.05, 0) is 38.9 Å². The molecule has 0 amide bonds. The third-order valence-electron chi connectivity index (χ3n) is 2.87. The van der Waals surface area contributed by atoms with Gasteiger partial charge in [0.05, 0.1) is 7.11 Å². The van der Waals surface area contributed by atoms with E-state index in [-0.39, 0.29) is 12.3 Å². The highest BCUT2D eigenvalue weighted by molar-refractivity contribution is 5.77. The molecule has 0 aromatic carbocycles. The monoisotopic (exact) mass is 221 g/mol. The van der Waals surface area contributed by atoms with E-state index in [0.29, 0.717) is 0 Å². The van der Waals surface area contributed by atoms with Crippen LogP contribution in [0.15, 0.2) is 0 Å². The molecule has 1 saturated heterocycles. The predicted molar refractivity (Wildman–Crippen MR) is 51.8 cm³/mol. The van der Waals surface area contributed by atoms with E-state index in [2.05, 4.69) is 9.64 Å². The molecule has 0 aromatic rings. The molecule has 0 N–H and O–H groups in total. The summed E-state index contributed by atoms with van der Waals surface area (Å²) in [5.41, 5.74) is 0. The van der Waals surface area contributed by atoms with E-state index in [1.165, 1.54) is 0 Å². The van der Waals surface area contributed by atoms with Crippen LogP contribution in [-0.4, -0.2) is 44.0 Å². The van der Waals surface area contributed by atoms with Gasteiger partial charge >= 0.3 is 11.9 Å². The first kappa shape index (κ1) is 12.4. The van der Waals surface area contributed by atoms with Crippen LogP contribution in [0.3, 0.4) is 0 Å². The molecule has 0 spiro atoms. The molecule has 0 atom stereocenters. The average molecular weight is 221 g/mol. The number of carbonyl (C=O) groups excluding carboxylic acids is 1. The Balaban J connectivity index is 2.43. The summed E-state index contributed by atoms with van der Waals surface area (Å²) in [5, 5.41) is 0. The first-order valence-corrected chi connectivity index (χ1v) is 5.10. The Morgan fingerprint density at radius 2 is 2.00 bits per heavy atom. The molecule has 1 heterocycles. The number of piperidine rings is 1. The third-order valence-corrected chi connectivity index (χ3v) is 2.87. The molecule has 1 rings (SSSR count). The van der Waals surface area contributed by atoms with Crippen molar-refractivity contribution in [3.63, 3.8) is 0 Å². The lowest BCUT2D eigenvalue weighted by Crippen LogP contribution is -2.37. The normalized spacial score (nSPS) is 20.3. The maximum absolute atomic E-state index is 13.2. The maximum Gasteiger partial charge on any atom is 0.376 e. The minimum Gasteiger partial charge on any atom is -0.465 e. The van der Waals surface area contributed by atoms with Crippen molar-refractivity contribution >= 4 is 5.97 Å². The lowest BCUT2D eigenvalue weighted by atomic mass is 9.91. The fourth-order valence-electron chi connectivity index (χ4n) is 1.86. The van der Waals surface area contributed by atoms with Crippen molar-refractivity contribution in [3.05, 3.63) is 0 Å². The number of esters is 1. The van der Waals surface area contributed by atoms with Crippen LogP contribution < -0.4 is 0 Å². The molecular weight excluding hydrogens is 204 g/mol. The molecule has 1 aliphatic heterocycles. The van der Waals surface area contributed by atoms with E-state index in [1.807, 2.05) is 7.05 Å². The van der Waals surface area contributed by atoms with Crippen molar-refractivity contribution in [3.8, 4) is 0 Å². The largest absolute Gasteiger partial charge is 0.465 e. The fraction of sp³-hybridized carbons (Fsp3) is 0.900. The highest BCUT2D eigenvalue weighted by Crippen LogP contribution is 2.30. The summed E-state index contributed by atoms with van der Waals surface area (Å²) < 4.78 is 30.5. The van der Waals surface area contributed by atoms with Gasteiger partial charge in [-0.3, -0.25) is 0 Å². The van der Waals surface area contributed by atoms with Crippen LogP contribution in [0, 0.1) is 5.92 Å². The van der Waals surface area contributed by atoms with Gasteiger partial charge in [0.1, 0.15) is 0 Å². The molecule has 0 aliphatic carbocycles. The SMILES string of the molecule is COC(=O)C(F)(F)CC1CCN(C)CC1. The highest BCUT2D eigenvalue weighted by Gasteiger charge is 2.42. The summed E-state index contributed by atoms with van der Waals surface area (Å²) in [7, 11) is 2.96. The third kappa shape index (κ3) is 3.41. The second-order valence-electron chi connectivity index (χ2n) is 4.15. The summed E-state index contributed by atoms with van der Waals surface area (Å²) in [6, 6.07) is 0. The molecule has 15 heavy (non-hydrogen) atoms. The summed E-state index contributed by atoms with van der Waals surface area (Å²) in [6.45, 7) is 1.64. The van der Waals surface area contributed by atoms with Gasteiger partial charge in [0.2, 0.25) is 0 Å². The van der Waals surface area contributed by atoms with Gasteiger partial charge in [0.15, 0.2) is 0 Å². The number of hydrogen-bond donors (Lipinski definition) is 0. The Labute approximate surface area is 88.4 Å². The molecule has 0 radical (unpaired) electrons. The van der Waals surface area contributed by atoms with E-state index < -0.39 is 11.9 Å². The number of halogens is 2. The van der Waals surface area contributed by atoms with Crippen LogP contribution in [0.1, 0.15) is 19.3 Å². The van der Waals surface area contributed by atoms with Crippen LogP contribution in [0.4, 0.5) is 8.78 Å². The van der Waals surface area contributed by atoms with Crippen molar-refractivity contribution < 1.29 is 18.3 Å². The molecule has 0 saturated carbocycles. The van der Waals surface area contributed by atoms with Crippen molar-refractivity contribution in [2.75, 3.05) is 27.2 Å². The van der Waals surface area contributed by atoms with Gasteiger partial charge in [-0.2, -0.15) is 8.78 Å². The predicted octanol–water partition coefficient (Wildman–Crippen LogP) is 1.53. The number of nitrogens with zero attached hydrogens (tertiary/aromatic N) is 1. The molecule has 1 fully saturated rings. The van der Waals surface area contributed by atoms with Crippen molar-refractivity contribution in [1.82, 2.24) is 4.90 Å². The smallest absolute Gasteiger partial charge is 0.376 e.